The lowest BCUT2D eigenvalue weighted by Crippen LogP contribution is -2.09. The highest BCUT2D eigenvalue weighted by atomic mass is 32.2. The van der Waals surface area contributed by atoms with Crippen LogP contribution in [0.4, 0.5) is 0 Å². The van der Waals surface area contributed by atoms with Crippen molar-refractivity contribution >= 4 is 9.84 Å². The molecule has 1 unspecified atom stereocenters. The SMILES string of the molecule is COc1cc(C(C)CO)c(S(C)(=O)=O)cc1C. The van der Waals surface area contributed by atoms with Crippen molar-refractivity contribution in [3.05, 3.63) is 23.3 Å². The number of methoxy groups -OCH3 is 1. The van der Waals surface area contributed by atoms with Gasteiger partial charge >= 0.3 is 0 Å². The molecule has 0 heterocycles. The third-order valence-electron chi connectivity index (χ3n) is 2.73. The van der Waals surface area contributed by atoms with Crippen molar-refractivity contribution in [2.24, 2.45) is 0 Å². The van der Waals surface area contributed by atoms with E-state index in [1.54, 1.807) is 26.0 Å². The topological polar surface area (TPSA) is 63.6 Å². The number of aliphatic hydroxyl groups excluding tert-OH is 1. The van der Waals surface area contributed by atoms with Crippen molar-refractivity contribution in [1.29, 1.82) is 0 Å². The first-order valence-corrected chi connectivity index (χ1v) is 7.19. The van der Waals surface area contributed by atoms with Crippen LogP contribution in [0.1, 0.15) is 24.0 Å². The van der Waals surface area contributed by atoms with Gasteiger partial charge in [-0.2, -0.15) is 0 Å². The zero-order chi connectivity index (χ0) is 13.2. The largest absolute Gasteiger partial charge is 0.496 e. The van der Waals surface area contributed by atoms with Gasteiger partial charge in [0.15, 0.2) is 9.84 Å². The van der Waals surface area contributed by atoms with Gasteiger partial charge in [-0.05, 0) is 30.2 Å². The van der Waals surface area contributed by atoms with E-state index in [-0.39, 0.29) is 17.4 Å². The highest BCUT2D eigenvalue weighted by Gasteiger charge is 2.19. The third-order valence-corrected chi connectivity index (χ3v) is 3.88. The first-order chi connectivity index (χ1) is 7.81. The number of ether oxygens (including phenoxy) is 1. The Morgan fingerprint density at radius 1 is 1.41 bits per heavy atom. The zero-order valence-corrected chi connectivity index (χ0v) is 11.3. The molecule has 1 N–H and O–H groups in total. The molecule has 0 aliphatic carbocycles. The van der Waals surface area contributed by atoms with Crippen molar-refractivity contribution in [2.45, 2.75) is 24.7 Å². The molecule has 0 aromatic heterocycles. The van der Waals surface area contributed by atoms with Gasteiger partial charge in [0.2, 0.25) is 0 Å². The molecule has 5 heteroatoms. The first-order valence-electron chi connectivity index (χ1n) is 5.30. The summed E-state index contributed by atoms with van der Waals surface area (Å²) < 4.78 is 28.6. The van der Waals surface area contributed by atoms with E-state index in [1.165, 1.54) is 13.4 Å². The molecule has 0 saturated carbocycles. The lowest BCUT2D eigenvalue weighted by molar-refractivity contribution is 0.271. The first kappa shape index (κ1) is 14.0. The van der Waals surface area contributed by atoms with E-state index in [0.29, 0.717) is 11.3 Å². The quantitative estimate of drug-likeness (QED) is 0.889. The Morgan fingerprint density at radius 3 is 2.41 bits per heavy atom. The van der Waals surface area contributed by atoms with Gasteiger partial charge in [0.25, 0.3) is 0 Å². The number of aryl methyl sites for hydroxylation is 1. The van der Waals surface area contributed by atoms with Crippen LogP contribution in [0.5, 0.6) is 5.75 Å². The predicted molar refractivity (Wildman–Crippen MR) is 66.3 cm³/mol. The van der Waals surface area contributed by atoms with Crippen molar-refractivity contribution in [2.75, 3.05) is 20.0 Å². The molecular weight excluding hydrogens is 240 g/mol. The van der Waals surface area contributed by atoms with Gasteiger partial charge in [-0.25, -0.2) is 8.42 Å². The smallest absolute Gasteiger partial charge is 0.175 e. The number of rotatable bonds is 4. The molecule has 0 radical (unpaired) electrons. The molecule has 0 bridgehead atoms. The summed E-state index contributed by atoms with van der Waals surface area (Å²) >= 11 is 0. The second kappa shape index (κ2) is 5.06. The van der Waals surface area contributed by atoms with Crippen LogP contribution in [0.3, 0.4) is 0 Å². The van der Waals surface area contributed by atoms with Crippen molar-refractivity contribution in [3.8, 4) is 5.75 Å². The highest BCUT2D eigenvalue weighted by Crippen LogP contribution is 2.30. The summed E-state index contributed by atoms with van der Waals surface area (Å²) in [6.45, 7) is 3.47. The maximum Gasteiger partial charge on any atom is 0.175 e. The monoisotopic (exact) mass is 258 g/mol. The lowest BCUT2D eigenvalue weighted by atomic mass is 10.00. The molecule has 0 aliphatic heterocycles. The van der Waals surface area contributed by atoms with Gasteiger partial charge < -0.3 is 9.84 Å². The Hall–Kier alpha value is -1.07. The minimum atomic E-state index is -3.30. The van der Waals surface area contributed by atoms with Gasteiger partial charge in [-0.15, -0.1) is 0 Å². The van der Waals surface area contributed by atoms with Gasteiger partial charge in [-0.3, -0.25) is 0 Å². The van der Waals surface area contributed by atoms with E-state index in [4.69, 9.17) is 4.74 Å². The summed E-state index contributed by atoms with van der Waals surface area (Å²) in [5, 5.41) is 9.18. The Morgan fingerprint density at radius 2 is 2.00 bits per heavy atom. The summed E-state index contributed by atoms with van der Waals surface area (Å²) in [6.07, 6.45) is 1.17. The normalized spacial score (nSPS) is 13.5. The highest BCUT2D eigenvalue weighted by molar-refractivity contribution is 7.90. The average molecular weight is 258 g/mol. The molecule has 0 saturated heterocycles. The fourth-order valence-corrected chi connectivity index (χ4v) is 2.78. The second-order valence-electron chi connectivity index (χ2n) is 4.22. The molecular formula is C12H18O4S. The predicted octanol–water partition coefficient (Wildman–Crippen LogP) is 1.50. The van der Waals surface area contributed by atoms with Gasteiger partial charge in [0.1, 0.15) is 5.75 Å². The zero-order valence-electron chi connectivity index (χ0n) is 10.5. The molecule has 0 amide bonds. The molecule has 96 valence electrons. The molecule has 1 atom stereocenters. The van der Waals surface area contributed by atoms with Gasteiger partial charge in [-0.1, -0.05) is 6.92 Å². The van der Waals surface area contributed by atoms with Crippen molar-refractivity contribution in [1.82, 2.24) is 0 Å². The summed E-state index contributed by atoms with van der Waals surface area (Å²) in [7, 11) is -1.77. The third kappa shape index (κ3) is 2.98. The molecule has 1 aromatic carbocycles. The Kier molecular flexibility index (Phi) is 4.16. The summed E-state index contributed by atoms with van der Waals surface area (Å²) in [5.74, 6) is 0.391. The lowest BCUT2D eigenvalue weighted by Gasteiger charge is -2.16. The number of hydrogen-bond acceptors (Lipinski definition) is 4. The van der Waals surface area contributed by atoms with Crippen molar-refractivity contribution < 1.29 is 18.3 Å². The van der Waals surface area contributed by atoms with E-state index in [0.717, 1.165) is 5.56 Å². The molecule has 1 rings (SSSR count). The minimum absolute atomic E-state index is 0.102. The van der Waals surface area contributed by atoms with Crippen LogP contribution in [-0.2, 0) is 9.84 Å². The Labute approximate surface area is 102 Å². The Bertz CT molecular complexity index is 505. The number of benzene rings is 1. The maximum atomic E-state index is 11.7. The van der Waals surface area contributed by atoms with Crippen molar-refractivity contribution in [3.63, 3.8) is 0 Å². The molecule has 1 aromatic rings. The Balaban J connectivity index is 3.53. The van der Waals surface area contributed by atoms with E-state index in [2.05, 4.69) is 0 Å². The van der Waals surface area contributed by atoms with E-state index in [9.17, 15) is 13.5 Å². The molecule has 4 nitrogen and oxygen atoms in total. The summed E-state index contributed by atoms with van der Waals surface area (Å²) in [6, 6.07) is 3.28. The van der Waals surface area contributed by atoms with Crippen LogP contribution in [-0.4, -0.2) is 33.5 Å². The van der Waals surface area contributed by atoms with Crippen LogP contribution in [0.15, 0.2) is 17.0 Å². The summed E-state index contributed by atoms with van der Waals surface area (Å²) in [5.41, 5.74) is 1.36. The number of sulfone groups is 1. The van der Waals surface area contributed by atoms with E-state index < -0.39 is 9.84 Å². The maximum absolute atomic E-state index is 11.7. The minimum Gasteiger partial charge on any atom is -0.496 e. The fourth-order valence-electron chi connectivity index (χ4n) is 1.70. The molecule has 0 fully saturated rings. The van der Waals surface area contributed by atoms with Crippen LogP contribution >= 0.6 is 0 Å². The van der Waals surface area contributed by atoms with E-state index >= 15 is 0 Å². The van der Waals surface area contributed by atoms with Gasteiger partial charge in [0, 0.05) is 18.8 Å². The van der Waals surface area contributed by atoms with Crippen LogP contribution < -0.4 is 4.74 Å². The second-order valence-corrected chi connectivity index (χ2v) is 6.20. The summed E-state index contributed by atoms with van der Waals surface area (Å²) in [4.78, 5) is 0.261. The van der Waals surface area contributed by atoms with Crippen LogP contribution in [0.25, 0.3) is 0 Å². The van der Waals surface area contributed by atoms with Gasteiger partial charge in [0.05, 0.1) is 12.0 Å². The average Bonchev–Trinajstić information content (AvgIpc) is 2.26. The molecule has 0 spiro atoms. The van der Waals surface area contributed by atoms with Crippen LogP contribution in [0.2, 0.25) is 0 Å². The number of hydrogen-bond donors (Lipinski definition) is 1. The standard InChI is InChI=1S/C12H18O4S/c1-8-5-12(17(4,14)15)10(9(2)7-13)6-11(8)16-3/h5-6,9,13H,7H2,1-4H3. The number of aliphatic hydroxyl groups is 1. The van der Waals surface area contributed by atoms with Crippen LogP contribution in [0, 0.1) is 6.92 Å². The molecule has 0 aliphatic rings. The fraction of sp³-hybridized carbons (Fsp3) is 0.500. The molecule has 17 heavy (non-hydrogen) atoms. The van der Waals surface area contributed by atoms with E-state index in [1.807, 2.05) is 0 Å².